The van der Waals surface area contributed by atoms with Crippen LogP contribution in [-0.4, -0.2) is 33.8 Å². The summed E-state index contributed by atoms with van der Waals surface area (Å²) in [7, 11) is 0. The summed E-state index contributed by atoms with van der Waals surface area (Å²) in [6.45, 7) is 3.04. The number of anilines is 1. The van der Waals surface area contributed by atoms with Crippen molar-refractivity contribution in [3.8, 4) is 0 Å². The van der Waals surface area contributed by atoms with Crippen molar-refractivity contribution in [2.45, 2.75) is 38.3 Å². The lowest BCUT2D eigenvalue weighted by Crippen LogP contribution is -2.41. The van der Waals surface area contributed by atoms with E-state index in [9.17, 15) is 5.11 Å². The Morgan fingerprint density at radius 2 is 2.21 bits per heavy atom. The highest BCUT2D eigenvalue weighted by Gasteiger charge is 2.59. The highest BCUT2D eigenvalue weighted by Crippen LogP contribution is 2.55. The Morgan fingerprint density at radius 1 is 1.37 bits per heavy atom. The normalized spacial score (nSPS) is 39.3. The molecule has 1 aromatic rings. The highest BCUT2D eigenvalue weighted by molar-refractivity contribution is 6.29. The molecule has 3 aliphatic rings. The molecule has 1 aliphatic heterocycles. The van der Waals surface area contributed by atoms with Gasteiger partial charge in [-0.2, -0.15) is 0 Å². The number of aliphatic hydroxyl groups excluding tert-OH is 1. The van der Waals surface area contributed by atoms with Gasteiger partial charge in [0, 0.05) is 19.0 Å². The molecule has 102 valence electrons. The number of fused-ring (bicyclic) bond motifs is 1. The summed E-state index contributed by atoms with van der Waals surface area (Å²) in [5.74, 6) is 3.57. The van der Waals surface area contributed by atoms with Crippen LogP contribution < -0.4 is 4.90 Å². The maximum absolute atomic E-state index is 10.4. The van der Waals surface area contributed by atoms with Crippen LogP contribution in [0.1, 0.15) is 25.6 Å². The molecule has 4 rings (SSSR count). The maximum Gasteiger partial charge on any atom is 0.134 e. The van der Waals surface area contributed by atoms with Crippen LogP contribution in [0.25, 0.3) is 0 Å². The first-order chi connectivity index (χ1) is 9.17. The number of hydrogen-bond donors (Lipinski definition) is 1. The van der Waals surface area contributed by atoms with E-state index in [1.807, 2.05) is 13.0 Å². The minimum Gasteiger partial charge on any atom is -0.391 e. The van der Waals surface area contributed by atoms with Crippen molar-refractivity contribution in [2.24, 2.45) is 17.8 Å². The number of rotatable bonds is 2. The van der Waals surface area contributed by atoms with Crippen molar-refractivity contribution < 1.29 is 5.11 Å². The number of aromatic nitrogens is 2. The molecule has 0 amide bonds. The van der Waals surface area contributed by atoms with E-state index in [-0.39, 0.29) is 12.1 Å². The fraction of sp³-hybridized carbons (Fsp3) is 0.714. The summed E-state index contributed by atoms with van der Waals surface area (Å²) < 4.78 is 0. The van der Waals surface area contributed by atoms with Gasteiger partial charge in [-0.25, -0.2) is 9.97 Å². The molecule has 0 radical (unpaired) electrons. The van der Waals surface area contributed by atoms with Gasteiger partial charge in [-0.05, 0) is 30.6 Å². The van der Waals surface area contributed by atoms with Crippen molar-refractivity contribution in [3.63, 3.8) is 0 Å². The Hall–Kier alpha value is -0.870. The zero-order valence-corrected chi connectivity index (χ0v) is 11.7. The number of aryl methyl sites for hydroxylation is 1. The maximum atomic E-state index is 10.4. The number of halogens is 1. The molecule has 1 aromatic heterocycles. The summed E-state index contributed by atoms with van der Waals surface area (Å²) in [5, 5.41) is 10.9. The summed E-state index contributed by atoms with van der Waals surface area (Å²) in [6.07, 6.45) is 2.96. The van der Waals surface area contributed by atoms with Crippen LogP contribution >= 0.6 is 11.6 Å². The van der Waals surface area contributed by atoms with E-state index in [4.69, 9.17) is 11.6 Å². The molecule has 5 unspecified atom stereocenters. The number of hydrogen-bond acceptors (Lipinski definition) is 4. The van der Waals surface area contributed by atoms with Crippen LogP contribution in [0.3, 0.4) is 0 Å². The quantitative estimate of drug-likeness (QED) is 0.840. The summed E-state index contributed by atoms with van der Waals surface area (Å²) in [6, 6.07) is 2.09. The smallest absolute Gasteiger partial charge is 0.134 e. The van der Waals surface area contributed by atoms with E-state index in [1.165, 1.54) is 12.8 Å². The van der Waals surface area contributed by atoms with E-state index < -0.39 is 0 Å². The monoisotopic (exact) mass is 279 g/mol. The van der Waals surface area contributed by atoms with Crippen molar-refractivity contribution in [2.75, 3.05) is 11.4 Å². The fourth-order valence-corrected chi connectivity index (χ4v) is 4.63. The van der Waals surface area contributed by atoms with Gasteiger partial charge in [0.2, 0.25) is 0 Å². The molecule has 3 fully saturated rings. The molecule has 2 heterocycles. The lowest BCUT2D eigenvalue weighted by atomic mass is 9.88. The first-order valence-electron chi connectivity index (χ1n) is 7.15. The van der Waals surface area contributed by atoms with Gasteiger partial charge in [0.05, 0.1) is 12.1 Å². The van der Waals surface area contributed by atoms with Gasteiger partial charge >= 0.3 is 0 Å². The molecule has 1 saturated heterocycles. The SMILES string of the molecule is CCc1nc(Cl)cc(N2CC3CC4CC3C2C4O)n1. The highest BCUT2D eigenvalue weighted by atomic mass is 35.5. The van der Waals surface area contributed by atoms with E-state index in [0.29, 0.717) is 17.0 Å². The van der Waals surface area contributed by atoms with Crippen LogP contribution in [0, 0.1) is 17.8 Å². The zero-order valence-electron chi connectivity index (χ0n) is 11.0. The van der Waals surface area contributed by atoms with Crippen molar-refractivity contribution in [3.05, 3.63) is 17.0 Å². The Labute approximate surface area is 117 Å². The minimum absolute atomic E-state index is 0.192. The van der Waals surface area contributed by atoms with Crippen LogP contribution in [0.4, 0.5) is 5.82 Å². The first-order valence-corrected chi connectivity index (χ1v) is 7.53. The summed E-state index contributed by atoms with van der Waals surface area (Å²) in [5.41, 5.74) is 0. The van der Waals surface area contributed by atoms with E-state index in [2.05, 4.69) is 14.9 Å². The lowest BCUT2D eigenvalue weighted by molar-refractivity contribution is 0.0965. The van der Waals surface area contributed by atoms with Gasteiger partial charge < -0.3 is 10.0 Å². The molecular formula is C14H18ClN3O. The zero-order chi connectivity index (χ0) is 13.1. The average molecular weight is 280 g/mol. The van der Waals surface area contributed by atoms with E-state index in [0.717, 1.165) is 30.5 Å². The second-order valence-electron chi connectivity index (χ2n) is 6.11. The molecule has 2 saturated carbocycles. The van der Waals surface area contributed by atoms with Gasteiger partial charge in [-0.1, -0.05) is 18.5 Å². The molecule has 1 N–H and O–H groups in total. The largest absolute Gasteiger partial charge is 0.391 e. The van der Waals surface area contributed by atoms with Gasteiger partial charge in [0.25, 0.3) is 0 Å². The summed E-state index contributed by atoms with van der Waals surface area (Å²) in [4.78, 5) is 11.1. The molecular weight excluding hydrogens is 262 g/mol. The van der Waals surface area contributed by atoms with Crippen molar-refractivity contribution in [1.29, 1.82) is 0 Å². The fourth-order valence-electron chi connectivity index (χ4n) is 4.43. The first kappa shape index (κ1) is 11.9. The van der Waals surface area contributed by atoms with Crippen LogP contribution in [-0.2, 0) is 6.42 Å². The molecule has 4 nitrogen and oxygen atoms in total. The molecule has 0 aromatic carbocycles. The predicted molar refractivity (Wildman–Crippen MR) is 73.3 cm³/mol. The molecule has 2 bridgehead atoms. The second-order valence-corrected chi connectivity index (χ2v) is 6.49. The van der Waals surface area contributed by atoms with Crippen molar-refractivity contribution in [1.82, 2.24) is 9.97 Å². The van der Waals surface area contributed by atoms with Crippen LogP contribution in [0.2, 0.25) is 5.15 Å². The predicted octanol–water partition coefficient (Wildman–Crippen LogP) is 1.90. The Kier molecular flexibility index (Phi) is 2.55. The van der Waals surface area contributed by atoms with E-state index in [1.54, 1.807) is 0 Å². The third-order valence-corrected chi connectivity index (χ3v) is 5.38. The standard InChI is InChI=1S/C14H18ClN3O/c1-2-11-16-10(15)5-12(17-11)18-6-8-3-7-4-9(8)13(18)14(7)19/h5,7-9,13-14,19H,2-4,6H2,1H3. The van der Waals surface area contributed by atoms with Crippen LogP contribution in [0.5, 0.6) is 0 Å². The molecule has 5 atom stereocenters. The lowest BCUT2D eigenvalue weighted by Gasteiger charge is -2.29. The van der Waals surface area contributed by atoms with Gasteiger partial charge in [-0.15, -0.1) is 0 Å². The topological polar surface area (TPSA) is 49.2 Å². The van der Waals surface area contributed by atoms with Crippen LogP contribution in [0.15, 0.2) is 6.07 Å². The number of nitrogens with zero attached hydrogens (tertiary/aromatic N) is 3. The molecule has 2 aliphatic carbocycles. The second kappa shape index (κ2) is 4.06. The Balaban J connectivity index is 1.72. The van der Waals surface area contributed by atoms with E-state index >= 15 is 0 Å². The molecule has 5 heteroatoms. The third kappa shape index (κ3) is 1.62. The Morgan fingerprint density at radius 3 is 2.95 bits per heavy atom. The molecule has 19 heavy (non-hydrogen) atoms. The molecule has 0 spiro atoms. The van der Waals surface area contributed by atoms with Crippen molar-refractivity contribution >= 4 is 17.4 Å². The number of aliphatic hydroxyl groups is 1. The Bertz CT molecular complexity index is 521. The van der Waals surface area contributed by atoms with Gasteiger partial charge in [-0.3, -0.25) is 0 Å². The minimum atomic E-state index is -0.192. The van der Waals surface area contributed by atoms with Gasteiger partial charge in [0.1, 0.15) is 16.8 Å². The van der Waals surface area contributed by atoms with Gasteiger partial charge in [0.15, 0.2) is 0 Å². The summed E-state index contributed by atoms with van der Waals surface area (Å²) >= 11 is 6.09. The average Bonchev–Trinajstić information content (AvgIpc) is 2.99. The third-order valence-electron chi connectivity index (χ3n) is 5.19.